The van der Waals surface area contributed by atoms with Crippen molar-refractivity contribution in [2.45, 2.75) is 0 Å². The molecule has 0 atom stereocenters. The molecule has 0 aliphatic carbocycles. The smallest absolute Gasteiger partial charge is 0.195 e. The fourth-order valence-corrected chi connectivity index (χ4v) is 2.57. The summed E-state index contributed by atoms with van der Waals surface area (Å²) in [5.74, 6) is 0.875. The molecule has 2 aromatic heterocycles. The minimum atomic E-state index is -0.324. The van der Waals surface area contributed by atoms with Crippen LogP contribution in [0.4, 0.5) is 10.2 Å². The Morgan fingerprint density at radius 3 is 3.00 bits per heavy atom. The van der Waals surface area contributed by atoms with Gasteiger partial charge in [0.25, 0.3) is 0 Å². The zero-order valence-electron chi connectivity index (χ0n) is 9.55. The average molecular weight is 263 g/mol. The summed E-state index contributed by atoms with van der Waals surface area (Å²) in [5.41, 5.74) is 7.06. The van der Waals surface area contributed by atoms with Gasteiger partial charge in [0.1, 0.15) is 17.4 Å². The van der Waals surface area contributed by atoms with Crippen molar-refractivity contribution < 1.29 is 9.13 Å². The van der Waals surface area contributed by atoms with Crippen LogP contribution in [0.3, 0.4) is 0 Å². The summed E-state index contributed by atoms with van der Waals surface area (Å²) in [4.78, 5) is 5.18. The summed E-state index contributed by atoms with van der Waals surface area (Å²) in [6.45, 7) is 0. The molecular weight excluding hydrogens is 253 g/mol. The minimum absolute atomic E-state index is 0.324. The molecule has 0 saturated heterocycles. The summed E-state index contributed by atoms with van der Waals surface area (Å²) in [5, 5.41) is 1.81. The van der Waals surface area contributed by atoms with Crippen molar-refractivity contribution in [2.75, 3.05) is 12.8 Å². The summed E-state index contributed by atoms with van der Waals surface area (Å²) < 4.78 is 20.3. The predicted octanol–water partition coefficient (Wildman–Crippen LogP) is 2.79. The molecule has 0 amide bonds. The molecule has 0 aliphatic heterocycles. The van der Waals surface area contributed by atoms with E-state index in [1.165, 1.54) is 23.5 Å². The molecule has 18 heavy (non-hydrogen) atoms. The number of halogens is 1. The number of anilines is 1. The van der Waals surface area contributed by atoms with E-state index < -0.39 is 0 Å². The molecule has 0 radical (unpaired) electrons. The van der Waals surface area contributed by atoms with Gasteiger partial charge in [-0.25, -0.2) is 9.37 Å². The molecule has 3 aromatic rings. The van der Waals surface area contributed by atoms with Gasteiger partial charge in [0.15, 0.2) is 4.96 Å². The number of methoxy groups -OCH3 is 1. The van der Waals surface area contributed by atoms with Crippen LogP contribution in [0.15, 0.2) is 29.8 Å². The zero-order valence-corrected chi connectivity index (χ0v) is 10.4. The van der Waals surface area contributed by atoms with E-state index in [1.807, 2.05) is 5.38 Å². The number of imidazole rings is 1. The van der Waals surface area contributed by atoms with Crippen molar-refractivity contribution >= 4 is 22.1 Å². The first-order chi connectivity index (χ1) is 8.69. The molecular formula is C12H10FN3OS. The monoisotopic (exact) mass is 263 g/mol. The lowest BCUT2D eigenvalue weighted by Crippen LogP contribution is -1.90. The third-order valence-electron chi connectivity index (χ3n) is 2.67. The van der Waals surface area contributed by atoms with Crippen LogP contribution >= 0.6 is 11.3 Å². The Kier molecular flexibility index (Phi) is 2.45. The number of rotatable bonds is 2. The topological polar surface area (TPSA) is 52.5 Å². The third kappa shape index (κ3) is 1.62. The number of benzene rings is 1. The van der Waals surface area contributed by atoms with Crippen molar-refractivity contribution in [3.05, 3.63) is 35.6 Å². The van der Waals surface area contributed by atoms with Crippen LogP contribution < -0.4 is 10.5 Å². The Hall–Kier alpha value is -2.08. The van der Waals surface area contributed by atoms with Crippen molar-refractivity contribution in [3.8, 4) is 17.0 Å². The number of nitrogens with two attached hydrogens (primary N) is 1. The van der Waals surface area contributed by atoms with E-state index in [0.29, 0.717) is 22.8 Å². The normalized spacial score (nSPS) is 11.0. The van der Waals surface area contributed by atoms with E-state index in [4.69, 9.17) is 10.5 Å². The van der Waals surface area contributed by atoms with Gasteiger partial charge in [0.05, 0.1) is 12.8 Å². The van der Waals surface area contributed by atoms with Crippen molar-refractivity contribution in [2.24, 2.45) is 0 Å². The third-order valence-corrected chi connectivity index (χ3v) is 3.53. The van der Waals surface area contributed by atoms with Gasteiger partial charge in [-0.1, -0.05) is 0 Å². The molecule has 0 unspecified atom stereocenters. The number of aromatic nitrogens is 2. The molecule has 1 aromatic carbocycles. The van der Waals surface area contributed by atoms with Crippen LogP contribution in [0, 0.1) is 5.82 Å². The standard InChI is InChI=1S/C12H10FN3OS/c1-17-10-3-2-7(13)4-8(10)9-5-16-11(14)6-18-12(16)15-9/h2-6H,14H2,1H3. The highest BCUT2D eigenvalue weighted by Gasteiger charge is 2.12. The summed E-state index contributed by atoms with van der Waals surface area (Å²) in [7, 11) is 1.55. The van der Waals surface area contributed by atoms with E-state index in [1.54, 1.807) is 23.8 Å². The first-order valence-electron chi connectivity index (χ1n) is 5.25. The van der Waals surface area contributed by atoms with Gasteiger partial charge < -0.3 is 10.5 Å². The maximum atomic E-state index is 13.3. The second-order valence-electron chi connectivity index (χ2n) is 3.78. The van der Waals surface area contributed by atoms with E-state index in [0.717, 1.165) is 4.96 Å². The highest BCUT2D eigenvalue weighted by Crippen LogP contribution is 2.31. The molecule has 0 aliphatic rings. The molecule has 3 rings (SSSR count). The fraction of sp³-hybridized carbons (Fsp3) is 0.0833. The molecule has 2 N–H and O–H groups in total. The van der Waals surface area contributed by atoms with Crippen LogP contribution in [0.25, 0.3) is 16.2 Å². The second-order valence-corrected chi connectivity index (χ2v) is 4.62. The highest BCUT2D eigenvalue weighted by atomic mass is 32.1. The fourth-order valence-electron chi connectivity index (χ4n) is 1.81. The lowest BCUT2D eigenvalue weighted by atomic mass is 10.1. The van der Waals surface area contributed by atoms with Crippen LogP contribution in [0.2, 0.25) is 0 Å². The molecule has 0 bridgehead atoms. The van der Waals surface area contributed by atoms with Crippen LogP contribution in [-0.4, -0.2) is 16.5 Å². The summed E-state index contributed by atoms with van der Waals surface area (Å²) in [6.07, 6.45) is 1.78. The van der Waals surface area contributed by atoms with Gasteiger partial charge in [0.2, 0.25) is 0 Å². The zero-order chi connectivity index (χ0) is 12.7. The quantitative estimate of drug-likeness (QED) is 0.773. The number of nitrogens with zero attached hydrogens (tertiary/aromatic N) is 2. The number of hydrogen-bond acceptors (Lipinski definition) is 4. The van der Waals surface area contributed by atoms with E-state index in [2.05, 4.69) is 4.98 Å². The van der Waals surface area contributed by atoms with Gasteiger partial charge in [-0.15, -0.1) is 11.3 Å². The largest absolute Gasteiger partial charge is 0.496 e. The second kappa shape index (κ2) is 3.99. The predicted molar refractivity (Wildman–Crippen MR) is 69.4 cm³/mol. The molecule has 92 valence electrons. The van der Waals surface area contributed by atoms with Gasteiger partial charge in [0, 0.05) is 17.1 Å². The highest BCUT2D eigenvalue weighted by molar-refractivity contribution is 7.15. The van der Waals surface area contributed by atoms with Crippen LogP contribution in [0.5, 0.6) is 5.75 Å². The van der Waals surface area contributed by atoms with Crippen molar-refractivity contribution in [3.63, 3.8) is 0 Å². The van der Waals surface area contributed by atoms with Gasteiger partial charge in [-0.05, 0) is 18.2 Å². The Balaban J connectivity index is 2.21. The number of fused-ring (bicyclic) bond motifs is 1. The first-order valence-corrected chi connectivity index (χ1v) is 6.13. The van der Waals surface area contributed by atoms with Gasteiger partial charge >= 0.3 is 0 Å². The maximum Gasteiger partial charge on any atom is 0.195 e. The number of hydrogen-bond donors (Lipinski definition) is 1. The Morgan fingerprint density at radius 2 is 2.28 bits per heavy atom. The maximum absolute atomic E-state index is 13.3. The Bertz CT molecular complexity index is 719. The molecule has 0 fully saturated rings. The van der Waals surface area contributed by atoms with E-state index >= 15 is 0 Å². The molecule has 2 heterocycles. The average Bonchev–Trinajstić information content (AvgIpc) is 2.92. The van der Waals surface area contributed by atoms with Crippen molar-refractivity contribution in [1.82, 2.24) is 9.38 Å². The SMILES string of the molecule is COc1ccc(F)cc1-c1cn2c(N)csc2n1. The van der Waals surface area contributed by atoms with Gasteiger partial charge in [-0.2, -0.15) is 0 Å². The molecule has 6 heteroatoms. The number of thiazole rings is 1. The van der Waals surface area contributed by atoms with Crippen LogP contribution in [-0.2, 0) is 0 Å². The number of ether oxygens (including phenoxy) is 1. The summed E-state index contributed by atoms with van der Waals surface area (Å²) >= 11 is 1.44. The Labute approximate surface area is 106 Å². The minimum Gasteiger partial charge on any atom is -0.496 e. The van der Waals surface area contributed by atoms with E-state index in [-0.39, 0.29) is 5.82 Å². The number of nitrogen functional groups attached to an aromatic ring is 1. The lowest BCUT2D eigenvalue weighted by molar-refractivity contribution is 0.415. The van der Waals surface area contributed by atoms with Crippen LogP contribution in [0.1, 0.15) is 0 Å². The Morgan fingerprint density at radius 1 is 1.44 bits per heavy atom. The lowest BCUT2D eigenvalue weighted by Gasteiger charge is -2.05. The summed E-state index contributed by atoms with van der Waals surface area (Å²) in [6, 6.07) is 4.35. The molecule has 4 nitrogen and oxygen atoms in total. The van der Waals surface area contributed by atoms with Gasteiger partial charge in [-0.3, -0.25) is 4.40 Å². The first kappa shape index (κ1) is 11.0. The van der Waals surface area contributed by atoms with Crippen molar-refractivity contribution in [1.29, 1.82) is 0 Å². The van der Waals surface area contributed by atoms with E-state index in [9.17, 15) is 4.39 Å². The molecule has 0 saturated carbocycles. The molecule has 0 spiro atoms.